The molecule has 0 N–H and O–H groups in total. The number of carbonyl (C=O) groups is 3. The van der Waals surface area contributed by atoms with E-state index in [2.05, 4.69) is 0 Å². The summed E-state index contributed by atoms with van der Waals surface area (Å²) in [6.07, 6.45) is -0.918. The van der Waals surface area contributed by atoms with Crippen LogP contribution in [0.4, 0.5) is 18.9 Å². The second-order valence-electron chi connectivity index (χ2n) is 10.2. The van der Waals surface area contributed by atoms with E-state index in [0.29, 0.717) is 16.1 Å². The molecule has 2 aliphatic heterocycles. The van der Waals surface area contributed by atoms with Gasteiger partial charge in [0.25, 0.3) is 0 Å². The highest BCUT2D eigenvalue weighted by Gasteiger charge is 2.71. The van der Waals surface area contributed by atoms with Gasteiger partial charge in [-0.3, -0.25) is 14.4 Å². The molecular weight excluding hydrogens is 535 g/mol. The average molecular weight is 556 g/mol. The summed E-state index contributed by atoms with van der Waals surface area (Å²) in [5.41, 5.74) is -0.221. The molecule has 0 saturated carbocycles. The molecular formula is C32H20F3NO3S. The van der Waals surface area contributed by atoms with Crippen molar-refractivity contribution in [2.75, 3.05) is 4.90 Å². The number of para-hydroxylation sites is 1. The van der Waals surface area contributed by atoms with Crippen LogP contribution in [0, 0.1) is 5.41 Å². The Morgan fingerprint density at radius 1 is 0.825 bits per heavy atom. The molecule has 1 saturated heterocycles. The van der Waals surface area contributed by atoms with Gasteiger partial charge in [0, 0.05) is 22.7 Å². The number of Topliss-reactive ketones (excluding diaryl/α,β-unsaturated/α-hetero) is 3. The zero-order valence-electron chi connectivity index (χ0n) is 20.8. The predicted molar refractivity (Wildman–Crippen MR) is 146 cm³/mol. The van der Waals surface area contributed by atoms with Crippen molar-refractivity contribution in [1.29, 1.82) is 0 Å². The molecule has 1 aromatic heterocycles. The lowest BCUT2D eigenvalue weighted by atomic mass is 9.64. The van der Waals surface area contributed by atoms with E-state index in [1.54, 1.807) is 47.9 Å². The highest BCUT2D eigenvalue weighted by Crippen LogP contribution is 2.61. The lowest BCUT2D eigenvalue weighted by molar-refractivity contribution is -0.137. The van der Waals surface area contributed by atoms with Gasteiger partial charge in [-0.25, -0.2) is 0 Å². The Hall–Kier alpha value is -4.30. The lowest BCUT2D eigenvalue weighted by Gasteiger charge is -2.37. The monoisotopic (exact) mass is 555 g/mol. The Morgan fingerprint density at radius 2 is 1.48 bits per heavy atom. The summed E-state index contributed by atoms with van der Waals surface area (Å²) < 4.78 is 40.5. The topological polar surface area (TPSA) is 54.5 Å². The summed E-state index contributed by atoms with van der Waals surface area (Å²) >= 11 is 1.25. The highest BCUT2D eigenvalue weighted by molar-refractivity contribution is 7.12. The van der Waals surface area contributed by atoms with Gasteiger partial charge in [0.2, 0.25) is 0 Å². The molecule has 3 atom stereocenters. The summed E-state index contributed by atoms with van der Waals surface area (Å²) in [5.74, 6) is -2.17. The van der Waals surface area contributed by atoms with Gasteiger partial charge in [0.15, 0.2) is 17.3 Å². The van der Waals surface area contributed by atoms with Crippen LogP contribution in [-0.2, 0) is 6.18 Å². The number of carbonyl (C=O) groups excluding carboxylic acids is 3. The number of hydrogen-bond donors (Lipinski definition) is 0. The second-order valence-corrected chi connectivity index (χ2v) is 11.2. The lowest BCUT2D eigenvalue weighted by Crippen LogP contribution is -2.48. The normalized spacial score (nSPS) is 22.4. The third kappa shape index (κ3) is 3.23. The van der Waals surface area contributed by atoms with Crippen LogP contribution in [-0.4, -0.2) is 29.4 Å². The van der Waals surface area contributed by atoms with Crippen LogP contribution >= 0.6 is 11.3 Å². The van der Waals surface area contributed by atoms with E-state index >= 15 is 0 Å². The summed E-state index contributed by atoms with van der Waals surface area (Å²) in [5, 5.41) is 1.77. The Balaban J connectivity index is 1.53. The van der Waals surface area contributed by atoms with E-state index in [4.69, 9.17) is 0 Å². The number of nitrogens with zero attached hydrogens (tertiary/aromatic N) is 1. The fourth-order valence-corrected chi connectivity index (χ4v) is 7.43. The predicted octanol–water partition coefficient (Wildman–Crippen LogP) is 7.08. The maximum Gasteiger partial charge on any atom is 0.416 e. The molecule has 0 radical (unpaired) electrons. The molecule has 4 nitrogen and oxygen atoms in total. The van der Waals surface area contributed by atoms with Gasteiger partial charge in [-0.2, -0.15) is 13.2 Å². The first-order chi connectivity index (χ1) is 19.2. The van der Waals surface area contributed by atoms with Crippen LogP contribution in [0.15, 0.2) is 96.4 Å². The number of rotatable bonds is 3. The molecule has 7 rings (SSSR count). The number of fused-ring (bicyclic) bond motifs is 5. The van der Waals surface area contributed by atoms with Gasteiger partial charge < -0.3 is 4.90 Å². The van der Waals surface area contributed by atoms with Gasteiger partial charge in [0.05, 0.1) is 16.5 Å². The first kappa shape index (κ1) is 24.7. The van der Waals surface area contributed by atoms with E-state index in [0.717, 1.165) is 17.7 Å². The molecule has 0 amide bonds. The van der Waals surface area contributed by atoms with Gasteiger partial charge in [-0.05, 0) is 40.8 Å². The molecule has 3 aliphatic rings. The van der Waals surface area contributed by atoms with E-state index in [1.807, 2.05) is 35.2 Å². The van der Waals surface area contributed by atoms with Crippen molar-refractivity contribution >= 4 is 40.4 Å². The minimum absolute atomic E-state index is 0.265. The van der Waals surface area contributed by atoms with Crippen LogP contribution in [0.25, 0.3) is 6.08 Å². The SMILES string of the molecule is O=C(c1cccs1)[C@@H]1[C@H](c2ccc(C(F)(F)F)cc2)C2(C(=O)c3ccccc3C2=O)[C@H]2C=Cc3ccccc3N12. The number of alkyl halides is 3. The van der Waals surface area contributed by atoms with E-state index < -0.39 is 46.7 Å². The third-order valence-electron chi connectivity index (χ3n) is 8.34. The zero-order valence-corrected chi connectivity index (χ0v) is 21.6. The first-order valence-corrected chi connectivity index (χ1v) is 13.6. The van der Waals surface area contributed by atoms with Crippen LogP contribution in [0.5, 0.6) is 0 Å². The number of anilines is 1. The molecule has 0 unspecified atom stereocenters. The number of thiophene rings is 1. The number of hydrogen-bond acceptors (Lipinski definition) is 5. The van der Waals surface area contributed by atoms with Crippen LogP contribution in [0.3, 0.4) is 0 Å². The zero-order chi connectivity index (χ0) is 27.8. The molecule has 0 bridgehead atoms. The Morgan fingerprint density at radius 3 is 2.10 bits per heavy atom. The summed E-state index contributed by atoms with van der Waals surface area (Å²) in [4.78, 5) is 45.6. The van der Waals surface area contributed by atoms with Crippen molar-refractivity contribution < 1.29 is 27.6 Å². The van der Waals surface area contributed by atoms with Gasteiger partial charge in [-0.1, -0.05) is 72.8 Å². The van der Waals surface area contributed by atoms with Crippen molar-refractivity contribution in [3.8, 4) is 0 Å². The molecule has 1 spiro atoms. The molecule has 1 aliphatic carbocycles. The van der Waals surface area contributed by atoms with Crippen molar-refractivity contribution in [2.24, 2.45) is 5.41 Å². The Bertz CT molecular complexity index is 1690. The maximum absolute atomic E-state index is 14.5. The fraction of sp³-hybridized carbons (Fsp3) is 0.156. The van der Waals surface area contributed by atoms with Crippen molar-refractivity contribution in [3.63, 3.8) is 0 Å². The first-order valence-electron chi connectivity index (χ1n) is 12.7. The molecule has 3 aromatic carbocycles. The van der Waals surface area contributed by atoms with E-state index in [1.165, 1.54) is 23.5 Å². The number of ketones is 3. The third-order valence-corrected chi connectivity index (χ3v) is 9.23. The average Bonchev–Trinajstić information content (AvgIpc) is 3.66. The Labute approximate surface area is 231 Å². The standard InChI is InChI=1S/C32H20F3NO3S/c33-32(34,35)20-14-11-19(12-15-20)26-27(28(37)24-10-5-17-40-24)36-23-9-4-1-6-18(23)13-16-25(36)31(26)29(38)21-7-2-3-8-22(21)30(31)39/h1-17,25-27H/t25-,26+,27+/m1/s1. The molecule has 8 heteroatoms. The molecule has 198 valence electrons. The fourth-order valence-electron chi connectivity index (χ4n) is 6.73. The summed E-state index contributed by atoms with van der Waals surface area (Å²) in [6.45, 7) is 0. The second kappa shape index (κ2) is 8.60. The van der Waals surface area contributed by atoms with Crippen molar-refractivity contribution in [1.82, 2.24) is 0 Å². The minimum Gasteiger partial charge on any atom is -0.352 e. The molecule has 1 fully saturated rings. The largest absolute Gasteiger partial charge is 0.416 e. The van der Waals surface area contributed by atoms with Gasteiger partial charge in [0.1, 0.15) is 11.5 Å². The van der Waals surface area contributed by atoms with Crippen LogP contribution in [0.1, 0.15) is 53.0 Å². The number of halogens is 3. The van der Waals surface area contributed by atoms with Crippen molar-refractivity contribution in [2.45, 2.75) is 24.2 Å². The van der Waals surface area contributed by atoms with E-state index in [-0.39, 0.29) is 16.9 Å². The quantitative estimate of drug-likeness (QED) is 0.200. The van der Waals surface area contributed by atoms with Crippen LogP contribution < -0.4 is 4.90 Å². The maximum atomic E-state index is 14.5. The van der Waals surface area contributed by atoms with Crippen molar-refractivity contribution in [3.05, 3.63) is 129 Å². The van der Waals surface area contributed by atoms with Gasteiger partial charge >= 0.3 is 6.18 Å². The number of benzene rings is 3. The smallest absolute Gasteiger partial charge is 0.352 e. The minimum atomic E-state index is -4.56. The highest BCUT2D eigenvalue weighted by atomic mass is 32.1. The summed E-state index contributed by atoms with van der Waals surface area (Å²) in [7, 11) is 0. The molecule has 40 heavy (non-hydrogen) atoms. The molecule has 3 heterocycles. The Kier molecular flexibility index (Phi) is 5.31. The summed E-state index contributed by atoms with van der Waals surface area (Å²) in [6, 6.07) is 20.1. The van der Waals surface area contributed by atoms with Crippen LogP contribution in [0.2, 0.25) is 0 Å². The van der Waals surface area contributed by atoms with Gasteiger partial charge in [-0.15, -0.1) is 11.3 Å². The van der Waals surface area contributed by atoms with E-state index in [9.17, 15) is 27.6 Å². The molecule has 4 aromatic rings.